The van der Waals surface area contributed by atoms with Gasteiger partial charge in [0.2, 0.25) is 0 Å². The molecular formula is C12H12N4O2. The molecule has 1 saturated heterocycles. The first-order chi connectivity index (χ1) is 8.93. The van der Waals surface area contributed by atoms with Gasteiger partial charge in [0.05, 0.1) is 24.4 Å². The van der Waals surface area contributed by atoms with E-state index < -0.39 is 0 Å². The Labute approximate surface area is 102 Å². The predicted molar refractivity (Wildman–Crippen MR) is 66.7 cm³/mol. The third kappa shape index (κ3) is 1.32. The van der Waals surface area contributed by atoms with E-state index in [2.05, 4.69) is 26.3 Å². The number of H-pyrrole nitrogens is 1. The van der Waals surface area contributed by atoms with Crippen molar-refractivity contribution in [2.45, 2.75) is 0 Å². The molecule has 1 aromatic carbocycles. The van der Waals surface area contributed by atoms with Crippen LogP contribution >= 0.6 is 0 Å². The van der Waals surface area contributed by atoms with Crippen molar-refractivity contribution in [3.8, 4) is 0 Å². The van der Waals surface area contributed by atoms with Crippen molar-refractivity contribution in [1.82, 2.24) is 15.3 Å². The first-order valence-corrected chi connectivity index (χ1v) is 5.97. The summed E-state index contributed by atoms with van der Waals surface area (Å²) >= 11 is 0. The van der Waals surface area contributed by atoms with Crippen molar-refractivity contribution in [3.63, 3.8) is 0 Å². The second kappa shape index (κ2) is 3.71. The summed E-state index contributed by atoms with van der Waals surface area (Å²) in [5.74, 6) is 0. The minimum absolute atomic E-state index is 0.749. The number of hydrogen-bond acceptors (Lipinski definition) is 5. The van der Waals surface area contributed by atoms with Gasteiger partial charge in [-0.1, -0.05) is 5.16 Å². The number of nitrogens with one attached hydrogen (secondary N) is 1. The zero-order valence-electron chi connectivity index (χ0n) is 9.72. The van der Waals surface area contributed by atoms with Crippen LogP contribution in [0.15, 0.2) is 23.0 Å². The second-order valence-electron chi connectivity index (χ2n) is 4.38. The number of aromatic amines is 1. The van der Waals surface area contributed by atoms with Crippen LogP contribution in [0.4, 0.5) is 5.69 Å². The van der Waals surface area contributed by atoms with Crippen molar-refractivity contribution in [2.24, 2.45) is 0 Å². The molecule has 3 aromatic rings. The number of anilines is 1. The maximum atomic E-state index is 5.38. The molecule has 1 aliphatic heterocycles. The Morgan fingerprint density at radius 1 is 1.28 bits per heavy atom. The molecule has 1 aliphatic rings. The number of rotatable bonds is 1. The van der Waals surface area contributed by atoms with Crippen LogP contribution in [0.3, 0.4) is 0 Å². The van der Waals surface area contributed by atoms with Crippen LogP contribution in [-0.2, 0) is 4.74 Å². The van der Waals surface area contributed by atoms with Crippen molar-refractivity contribution < 1.29 is 9.37 Å². The molecule has 0 radical (unpaired) electrons. The Hall–Kier alpha value is -2.08. The summed E-state index contributed by atoms with van der Waals surface area (Å²) in [6.07, 6.45) is 1.79. The molecule has 0 saturated carbocycles. The first kappa shape index (κ1) is 9.90. The minimum Gasteiger partial charge on any atom is -0.378 e. The van der Waals surface area contributed by atoms with Gasteiger partial charge in [0.1, 0.15) is 11.0 Å². The molecule has 6 heteroatoms. The average molecular weight is 244 g/mol. The van der Waals surface area contributed by atoms with E-state index in [0.29, 0.717) is 0 Å². The Morgan fingerprint density at radius 3 is 3.06 bits per heavy atom. The first-order valence-electron chi connectivity index (χ1n) is 5.97. The van der Waals surface area contributed by atoms with Crippen LogP contribution in [0.25, 0.3) is 21.9 Å². The summed E-state index contributed by atoms with van der Waals surface area (Å²) in [7, 11) is 0. The van der Waals surface area contributed by atoms with Gasteiger partial charge >= 0.3 is 0 Å². The Bertz CT molecular complexity index is 696. The van der Waals surface area contributed by atoms with Gasteiger partial charge in [-0.2, -0.15) is 5.16 Å². The molecule has 18 heavy (non-hydrogen) atoms. The second-order valence-corrected chi connectivity index (χ2v) is 4.38. The molecule has 3 heterocycles. The SMILES string of the molecule is c1cc2c(cc(N3CCOCC3)c3[nH]onc32)n1. The summed E-state index contributed by atoms with van der Waals surface area (Å²) in [6.45, 7) is 3.25. The van der Waals surface area contributed by atoms with Crippen molar-refractivity contribution in [2.75, 3.05) is 31.2 Å². The lowest BCUT2D eigenvalue weighted by molar-refractivity contribution is 0.123. The lowest BCUT2D eigenvalue weighted by Gasteiger charge is -2.28. The Kier molecular flexibility index (Phi) is 2.04. The fourth-order valence-electron chi connectivity index (χ4n) is 2.48. The highest BCUT2D eigenvalue weighted by Crippen LogP contribution is 2.31. The molecule has 1 fully saturated rings. The van der Waals surface area contributed by atoms with E-state index in [0.717, 1.165) is 53.9 Å². The molecule has 0 unspecified atom stereocenters. The molecule has 4 rings (SSSR count). The Morgan fingerprint density at radius 2 is 2.17 bits per heavy atom. The molecule has 6 nitrogen and oxygen atoms in total. The van der Waals surface area contributed by atoms with Gasteiger partial charge in [0, 0.05) is 24.7 Å². The molecule has 0 bridgehead atoms. The molecule has 0 aliphatic carbocycles. The lowest BCUT2D eigenvalue weighted by atomic mass is 10.1. The van der Waals surface area contributed by atoms with Gasteiger partial charge in [-0.05, 0) is 12.1 Å². The van der Waals surface area contributed by atoms with Crippen LogP contribution in [0.5, 0.6) is 0 Å². The van der Waals surface area contributed by atoms with E-state index in [1.807, 2.05) is 6.07 Å². The van der Waals surface area contributed by atoms with Gasteiger partial charge in [0.15, 0.2) is 0 Å². The minimum atomic E-state index is 0.749. The van der Waals surface area contributed by atoms with Crippen LogP contribution in [0, 0.1) is 0 Å². The van der Waals surface area contributed by atoms with Crippen LogP contribution < -0.4 is 4.90 Å². The summed E-state index contributed by atoms with van der Waals surface area (Å²) in [5, 5.41) is 7.94. The highest BCUT2D eigenvalue weighted by molar-refractivity contribution is 6.08. The normalized spacial score (nSPS) is 16.8. The number of morpholine rings is 1. The summed E-state index contributed by atoms with van der Waals surface area (Å²) in [4.78, 5) is 6.62. The number of benzene rings is 1. The largest absolute Gasteiger partial charge is 0.378 e. The number of aromatic nitrogens is 3. The van der Waals surface area contributed by atoms with Crippen LogP contribution in [0.1, 0.15) is 0 Å². The fourth-order valence-corrected chi connectivity index (χ4v) is 2.48. The maximum absolute atomic E-state index is 5.38. The van der Waals surface area contributed by atoms with Crippen molar-refractivity contribution >= 4 is 27.6 Å². The van der Waals surface area contributed by atoms with E-state index in [1.54, 1.807) is 6.20 Å². The highest BCUT2D eigenvalue weighted by Gasteiger charge is 2.18. The third-order valence-electron chi connectivity index (χ3n) is 3.39. The third-order valence-corrected chi connectivity index (χ3v) is 3.39. The fraction of sp³-hybridized carbons (Fsp3) is 0.333. The van der Waals surface area contributed by atoms with E-state index in [-0.39, 0.29) is 0 Å². The number of fused-ring (bicyclic) bond motifs is 3. The van der Waals surface area contributed by atoms with Gasteiger partial charge < -0.3 is 9.64 Å². The molecular weight excluding hydrogens is 232 g/mol. The maximum Gasteiger partial charge on any atom is 0.144 e. The number of nitrogens with zero attached hydrogens (tertiary/aromatic N) is 3. The summed E-state index contributed by atoms with van der Waals surface area (Å²) < 4.78 is 10.4. The summed E-state index contributed by atoms with van der Waals surface area (Å²) in [5.41, 5.74) is 3.80. The number of hydrogen-bond donors (Lipinski definition) is 1. The van der Waals surface area contributed by atoms with Gasteiger partial charge in [-0.15, -0.1) is 0 Å². The molecule has 2 aromatic heterocycles. The van der Waals surface area contributed by atoms with Gasteiger partial charge in [-0.3, -0.25) is 9.61 Å². The van der Waals surface area contributed by atoms with Gasteiger partial charge in [-0.25, -0.2) is 0 Å². The standard InChI is InChI=1S/C12H12N4O2/c1-2-13-9-7-10(16-3-5-17-6-4-16)12-11(8(1)9)14-18-15-12/h1-2,7,15H,3-6H2. The monoisotopic (exact) mass is 244 g/mol. The van der Waals surface area contributed by atoms with E-state index in [9.17, 15) is 0 Å². The topological polar surface area (TPSA) is 67.2 Å². The molecule has 92 valence electrons. The smallest absolute Gasteiger partial charge is 0.144 e. The summed E-state index contributed by atoms with van der Waals surface area (Å²) in [6, 6.07) is 4.04. The molecule has 0 amide bonds. The van der Waals surface area contributed by atoms with E-state index >= 15 is 0 Å². The zero-order chi connectivity index (χ0) is 11.9. The molecule has 0 atom stereocenters. The average Bonchev–Trinajstić information content (AvgIpc) is 3.06. The van der Waals surface area contributed by atoms with Crippen LogP contribution in [0.2, 0.25) is 0 Å². The highest BCUT2D eigenvalue weighted by atomic mass is 16.6. The quantitative estimate of drug-likeness (QED) is 0.703. The van der Waals surface area contributed by atoms with Gasteiger partial charge in [0.25, 0.3) is 0 Å². The lowest BCUT2D eigenvalue weighted by Crippen LogP contribution is -2.36. The van der Waals surface area contributed by atoms with Crippen molar-refractivity contribution in [3.05, 3.63) is 18.3 Å². The predicted octanol–water partition coefficient (Wildman–Crippen LogP) is 1.54. The van der Waals surface area contributed by atoms with Crippen molar-refractivity contribution in [1.29, 1.82) is 0 Å². The molecule has 1 N–H and O–H groups in total. The Balaban J connectivity index is 1.97. The zero-order valence-corrected chi connectivity index (χ0v) is 9.72. The molecule has 0 spiro atoms. The van der Waals surface area contributed by atoms with Crippen LogP contribution in [-0.4, -0.2) is 41.6 Å². The van der Waals surface area contributed by atoms with E-state index in [4.69, 9.17) is 9.37 Å². The number of ether oxygens (including phenoxy) is 1. The van der Waals surface area contributed by atoms with E-state index in [1.165, 1.54) is 0 Å².